The molecule has 0 saturated heterocycles. The zero-order valence-electron chi connectivity index (χ0n) is 23.5. The normalized spacial score (nSPS) is 13.3. The molecule has 19 nitrogen and oxygen atoms in total. The summed E-state index contributed by atoms with van der Waals surface area (Å²) in [7, 11) is 0. The average Bonchev–Trinajstić information content (AvgIpc) is 2.91. The van der Waals surface area contributed by atoms with Crippen molar-refractivity contribution in [3.05, 3.63) is 0 Å². The van der Waals surface area contributed by atoms with Gasteiger partial charge in [-0.2, -0.15) is 0 Å². The molecule has 19 heteroatoms. The summed E-state index contributed by atoms with van der Waals surface area (Å²) in [5.74, 6) is -3.62. The maximum absolute atomic E-state index is 13.2. The van der Waals surface area contributed by atoms with E-state index < -0.39 is 47.8 Å². The minimum absolute atomic E-state index is 0.0779. The number of guanidine groups is 3. The monoisotopic (exact) mass is 597 g/mol. The molecule has 4 amide bonds. The van der Waals surface area contributed by atoms with E-state index in [1.165, 1.54) is 0 Å². The number of rotatable bonds is 22. The van der Waals surface area contributed by atoms with Gasteiger partial charge in [-0.15, -0.1) is 0 Å². The molecule has 0 fully saturated rings. The fraction of sp³-hybridized carbons (Fsp3) is 0.652. The molecule has 1 radical (unpaired) electrons. The van der Waals surface area contributed by atoms with Gasteiger partial charge in [0.15, 0.2) is 17.9 Å². The highest BCUT2D eigenvalue weighted by atomic mass is 16.2. The van der Waals surface area contributed by atoms with Crippen molar-refractivity contribution in [3.63, 3.8) is 0 Å². The molecule has 0 bridgehead atoms. The van der Waals surface area contributed by atoms with Gasteiger partial charge in [0.25, 0.3) is 0 Å². The number of nitrogens with one attached hydrogen (secondary N) is 9. The van der Waals surface area contributed by atoms with Crippen molar-refractivity contribution in [2.45, 2.75) is 75.5 Å². The molecule has 0 aliphatic heterocycles. The molecule has 237 valence electrons. The number of nitrogens with two attached hydrogens (primary N) is 5. The molecule has 42 heavy (non-hydrogen) atoms. The molecular weight excluding hydrogens is 552 g/mol. The maximum Gasteiger partial charge on any atom is 0.243 e. The summed E-state index contributed by atoms with van der Waals surface area (Å²) in [5.41, 5.74) is 26.9. The molecule has 0 spiro atoms. The summed E-state index contributed by atoms with van der Waals surface area (Å²) in [6.07, 6.45) is 2.81. The van der Waals surface area contributed by atoms with Crippen LogP contribution in [-0.4, -0.2) is 91.6 Å². The summed E-state index contributed by atoms with van der Waals surface area (Å²) < 4.78 is 0. The van der Waals surface area contributed by atoms with Crippen LogP contribution in [0.3, 0.4) is 0 Å². The Hall–Kier alpha value is -4.68. The van der Waals surface area contributed by atoms with E-state index in [1.54, 1.807) is 6.29 Å². The van der Waals surface area contributed by atoms with Gasteiger partial charge in [-0.1, -0.05) is 0 Å². The Labute approximate surface area is 244 Å². The Kier molecular flexibility index (Phi) is 18.8. The molecule has 0 aromatic carbocycles. The summed E-state index contributed by atoms with van der Waals surface area (Å²) >= 11 is 0. The van der Waals surface area contributed by atoms with Gasteiger partial charge in [-0.25, -0.2) is 0 Å². The van der Waals surface area contributed by atoms with Gasteiger partial charge in [0.2, 0.25) is 29.9 Å². The predicted octanol–water partition coefficient (Wildman–Crippen LogP) is -5.07. The topological polar surface area (TPSA) is 359 Å². The number of hydrogen-bond acceptors (Lipinski definition) is 9. The van der Waals surface area contributed by atoms with Crippen molar-refractivity contribution in [1.29, 1.82) is 16.2 Å². The van der Waals surface area contributed by atoms with Gasteiger partial charge in [-0.3, -0.25) is 40.2 Å². The van der Waals surface area contributed by atoms with Crippen molar-refractivity contribution < 1.29 is 24.0 Å². The highest BCUT2D eigenvalue weighted by Gasteiger charge is 2.29. The second-order valence-electron chi connectivity index (χ2n) is 9.36. The lowest BCUT2D eigenvalue weighted by Crippen LogP contribution is -2.56. The first-order chi connectivity index (χ1) is 19.8. The minimum Gasteiger partial charge on any atom is -0.370 e. The third-order valence-electron chi connectivity index (χ3n) is 5.72. The molecule has 19 N–H and O–H groups in total. The molecule has 0 saturated carbocycles. The molecule has 0 aliphatic carbocycles. The first-order valence-corrected chi connectivity index (χ1v) is 13.3. The number of amides is 4. The Bertz CT molecular complexity index is 947. The molecular formula is C23H45N14O5. The zero-order valence-corrected chi connectivity index (χ0v) is 23.5. The molecule has 0 heterocycles. The summed E-state index contributed by atoms with van der Waals surface area (Å²) in [4.78, 5) is 61.7. The van der Waals surface area contributed by atoms with Gasteiger partial charge in [0.05, 0.1) is 12.1 Å². The van der Waals surface area contributed by atoms with Crippen molar-refractivity contribution in [2.24, 2.45) is 28.7 Å². The number of carbonyl (C=O) groups excluding carboxylic acids is 5. The van der Waals surface area contributed by atoms with Crippen molar-refractivity contribution in [1.82, 2.24) is 31.9 Å². The van der Waals surface area contributed by atoms with Crippen LogP contribution < -0.4 is 60.6 Å². The van der Waals surface area contributed by atoms with Gasteiger partial charge in [0, 0.05) is 26.1 Å². The standard InChI is InChI=1S/C23H45N14O5/c24-14(5-2-10-33-22(28)29)18(40)36-15(6-3-11-34-23(30)31)20(42)37-16(7-8-17(25)39)19(41)35-13(12-38)4-1-9-32-21(26)27/h13-16H,1-11,24H2,(H2,25,39)(H,35,41)(H,36,40)(H,37,42)(H4,26,27,32)(H4,28,29,33)(H4,30,31,34)/t13-,14-,15-,16+/m1/s1. The van der Waals surface area contributed by atoms with E-state index in [0.717, 1.165) is 0 Å². The molecule has 0 aromatic heterocycles. The fourth-order valence-electron chi connectivity index (χ4n) is 3.54. The van der Waals surface area contributed by atoms with Crippen LogP contribution in [0.1, 0.15) is 51.4 Å². The second kappa shape index (κ2) is 21.1. The molecule has 4 atom stereocenters. The Morgan fingerprint density at radius 2 is 1.05 bits per heavy atom. The van der Waals surface area contributed by atoms with E-state index in [1.807, 2.05) is 0 Å². The predicted molar refractivity (Wildman–Crippen MR) is 155 cm³/mol. The Morgan fingerprint density at radius 1 is 0.619 bits per heavy atom. The first kappa shape index (κ1) is 37.3. The van der Waals surface area contributed by atoms with Crippen LogP contribution in [-0.2, 0) is 24.0 Å². The summed E-state index contributed by atoms with van der Waals surface area (Å²) in [6.45, 7) is 0.819. The van der Waals surface area contributed by atoms with Crippen LogP contribution in [0.25, 0.3) is 0 Å². The number of primary amides is 1. The van der Waals surface area contributed by atoms with Crippen molar-refractivity contribution in [3.8, 4) is 0 Å². The van der Waals surface area contributed by atoms with E-state index in [9.17, 15) is 24.0 Å². The van der Waals surface area contributed by atoms with E-state index >= 15 is 0 Å². The molecule has 0 unspecified atom stereocenters. The second-order valence-corrected chi connectivity index (χ2v) is 9.36. The van der Waals surface area contributed by atoms with Crippen LogP contribution in [0.4, 0.5) is 0 Å². The van der Waals surface area contributed by atoms with Crippen LogP contribution >= 0.6 is 0 Å². The lowest BCUT2D eigenvalue weighted by Gasteiger charge is -2.25. The highest BCUT2D eigenvalue weighted by molar-refractivity contribution is 5.93. The SMILES string of the molecule is N=C(N)NCCC[C@@H](N)C(=O)N[C@H](CCCNC(=N)N)C(=O)N[C@@H](CCC(N)=O)C(=O)N[C@@H]([C]=O)CCCNC(=N)N. The van der Waals surface area contributed by atoms with Gasteiger partial charge < -0.3 is 60.6 Å². The first-order valence-electron chi connectivity index (χ1n) is 13.3. The Morgan fingerprint density at radius 3 is 1.52 bits per heavy atom. The number of hydrogen-bond donors (Lipinski definition) is 14. The Balaban J connectivity index is 5.48. The lowest BCUT2D eigenvalue weighted by molar-refractivity contribution is -0.133. The van der Waals surface area contributed by atoms with E-state index in [2.05, 4.69) is 31.9 Å². The van der Waals surface area contributed by atoms with Crippen LogP contribution in [0.5, 0.6) is 0 Å². The minimum atomic E-state index is -1.28. The lowest BCUT2D eigenvalue weighted by atomic mass is 10.1. The van der Waals surface area contributed by atoms with Crippen LogP contribution in [0, 0.1) is 16.2 Å². The maximum atomic E-state index is 13.2. The van der Waals surface area contributed by atoms with Crippen LogP contribution in [0.2, 0.25) is 0 Å². The van der Waals surface area contributed by atoms with Gasteiger partial charge in [0.1, 0.15) is 12.1 Å². The summed E-state index contributed by atoms with van der Waals surface area (Å²) in [5, 5.41) is 36.8. The largest absolute Gasteiger partial charge is 0.370 e. The molecule has 0 aliphatic rings. The quantitative estimate of drug-likeness (QED) is 0.0316. The molecule has 0 rings (SSSR count). The molecule has 0 aromatic rings. The number of carbonyl (C=O) groups is 4. The third-order valence-corrected chi connectivity index (χ3v) is 5.72. The smallest absolute Gasteiger partial charge is 0.243 e. The van der Waals surface area contributed by atoms with Gasteiger partial charge >= 0.3 is 0 Å². The summed E-state index contributed by atoms with van der Waals surface area (Å²) in [6, 6.07) is -4.46. The van der Waals surface area contributed by atoms with Crippen molar-refractivity contribution >= 4 is 47.8 Å². The zero-order chi connectivity index (χ0) is 32.1. The van der Waals surface area contributed by atoms with Crippen LogP contribution in [0.15, 0.2) is 0 Å². The van der Waals surface area contributed by atoms with Gasteiger partial charge in [-0.05, 0) is 44.9 Å². The fourth-order valence-corrected chi connectivity index (χ4v) is 3.54. The highest BCUT2D eigenvalue weighted by Crippen LogP contribution is 2.05. The van der Waals surface area contributed by atoms with E-state index in [0.29, 0.717) is 25.8 Å². The van der Waals surface area contributed by atoms with Crippen molar-refractivity contribution in [2.75, 3.05) is 19.6 Å². The van der Waals surface area contributed by atoms with E-state index in [-0.39, 0.29) is 63.1 Å². The third kappa shape index (κ3) is 18.6. The van der Waals surface area contributed by atoms with E-state index in [4.69, 9.17) is 44.9 Å². The average molecular weight is 598 g/mol.